The number of hydrogen-bond donors (Lipinski definition) is 1. The van der Waals surface area contributed by atoms with Gasteiger partial charge in [-0.1, -0.05) is 41.6 Å². The summed E-state index contributed by atoms with van der Waals surface area (Å²) in [5.74, 6) is 0.449. The monoisotopic (exact) mass is 436 g/mol. The number of rotatable bonds is 6. The average molecular weight is 437 g/mol. The van der Waals surface area contributed by atoms with Crippen molar-refractivity contribution in [3.05, 3.63) is 77.9 Å². The molecule has 0 bridgehead atoms. The zero-order valence-electron chi connectivity index (χ0n) is 17.4. The van der Waals surface area contributed by atoms with Gasteiger partial charge in [-0.05, 0) is 49.6 Å². The third-order valence-corrected chi connectivity index (χ3v) is 6.34. The molecule has 0 radical (unpaired) electrons. The lowest BCUT2D eigenvalue weighted by Crippen LogP contribution is -2.43. The number of aryl methyl sites for hydroxylation is 1. The molecule has 2 heterocycles. The Morgan fingerprint density at radius 2 is 1.87 bits per heavy atom. The van der Waals surface area contributed by atoms with Crippen LogP contribution in [0.5, 0.6) is 0 Å². The first-order valence-corrected chi connectivity index (χ1v) is 11.2. The van der Waals surface area contributed by atoms with Crippen molar-refractivity contribution in [3.8, 4) is 0 Å². The zero-order chi connectivity index (χ0) is 21.6. The van der Waals surface area contributed by atoms with Gasteiger partial charge < -0.3 is 10.2 Å². The van der Waals surface area contributed by atoms with Crippen LogP contribution in [0.25, 0.3) is 0 Å². The molecule has 2 aromatic carbocycles. The van der Waals surface area contributed by atoms with E-state index in [2.05, 4.69) is 51.4 Å². The second-order valence-corrected chi connectivity index (χ2v) is 8.79. The molecule has 0 aliphatic carbocycles. The summed E-state index contributed by atoms with van der Waals surface area (Å²) < 4.78 is 13.1. The average Bonchev–Trinajstić information content (AvgIpc) is 2.80. The molecule has 31 heavy (non-hydrogen) atoms. The number of amides is 1. The maximum absolute atomic E-state index is 13.1. The first-order valence-electron chi connectivity index (χ1n) is 10.4. The van der Waals surface area contributed by atoms with Gasteiger partial charge in [0.2, 0.25) is 5.91 Å². The van der Waals surface area contributed by atoms with Crippen LogP contribution in [0, 0.1) is 18.7 Å². The predicted octanol–water partition coefficient (Wildman–Crippen LogP) is 4.61. The Kier molecular flexibility index (Phi) is 6.82. The number of hydrogen-bond acceptors (Lipinski definition) is 5. The van der Waals surface area contributed by atoms with Gasteiger partial charge in [0.1, 0.15) is 10.8 Å². The van der Waals surface area contributed by atoms with Gasteiger partial charge in [-0.3, -0.25) is 4.79 Å². The number of carbonyl (C=O) groups is 1. The van der Waals surface area contributed by atoms with Gasteiger partial charge in [0.05, 0.1) is 5.92 Å². The number of nitrogens with one attached hydrogen (secondary N) is 1. The Morgan fingerprint density at radius 3 is 2.65 bits per heavy atom. The lowest BCUT2D eigenvalue weighted by atomic mass is 9.97. The molecule has 0 spiro atoms. The molecule has 3 aromatic rings. The highest BCUT2D eigenvalue weighted by Crippen LogP contribution is 2.34. The van der Waals surface area contributed by atoms with Crippen LogP contribution in [0.3, 0.4) is 0 Å². The number of benzene rings is 2. The van der Waals surface area contributed by atoms with Crippen molar-refractivity contribution in [3.63, 3.8) is 0 Å². The number of halogens is 1. The molecule has 1 N–H and O–H groups in total. The maximum atomic E-state index is 13.1. The van der Waals surface area contributed by atoms with Crippen LogP contribution in [-0.2, 0) is 11.3 Å². The summed E-state index contributed by atoms with van der Waals surface area (Å²) in [7, 11) is 0. The van der Waals surface area contributed by atoms with Crippen molar-refractivity contribution in [1.29, 1.82) is 0 Å². The van der Waals surface area contributed by atoms with Crippen molar-refractivity contribution >= 4 is 23.5 Å². The predicted molar refractivity (Wildman–Crippen MR) is 121 cm³/mol. The summed E-state index contributed by atoms with van der Waals surface area (Å²) in [6.07, 6.45) is 5.16. The second kappa shape index (κ2) is 9.92. The maximum Gasteiger partial charge on any atom is 0.225 e. The topological polar surface area (TPSA) is 58.1 Å². The van der Waals surface area contributed by atoms with E-state index >= 15 is 0 Å². The summed E-state index contributed by atoms with van der Waals surface area (Å²) in [5.41, 5.74) is 2.10. The van der Waals surface area contributed by atoms with Crippen LogP contribution < -0.4 is 10.2 Å². The van der Waals surface area contributed by atoms with Crippen molar-refractivity contribution in [1.82, 2.24) is 15.3 Å². The van der Waals surface area contributed by atoms with Crippen molar-refractivity contribution in [2.75, 3.05) is 18.0 Å². The van der Waals surface area contributed by atoms with E-state index in [-0.39, 0.29) is 17.6 Å². The minimum absolute atomic E-state index is 0.0191. The van der Waals surface area contributed by atoms with Crippen LogP contribution in [-0.4, -0.2) is 29.0 Å². The molecule has 160 valence electrons. The largest absolute Gasteiger partial charge is 0.354 e. The summed E-state index contributed by atoms with van der Waals surface area (Å²) in [4.78, 5) is 25.2. The summed E-state index contributed by atoms with van der Waals surface area (Å²) in [5, 5.41) is 3.84. The van der Waals surface area contributed by atoms with Crippen LogP contribution in [0.4, 0.5) is 10.2 Å². The van der Waals surface area contributed by atoms with E-state index in [1.165, 1.54) is 17.7 Å². The molecule has 1 aromatic heterocycles. The molecule has 1 saturated heterocycles. The second-order valence-electron chi connectivity index (χ2n) is 7.73. The first-order chi connectivity index (χ1) is 15.1. The Hall–Kier alpha value is -2.93. The quantitative estimate of drug-likeness (QED) is 0.612. The minimum atomic E-state index is -0.277. The minimum Gasteiger partial charge on any atom is -0.354 e. The Morgan fingerprint density at radius 1 is 1.13 bits per heavy atom. The van der Waals surface area contributed by atoms with Crippen molar-refractivity contribution in [2.45, 2.75) is 36.2 Å². The smallest absolute Gasteiger partial charge is 0.225 e. The SMILES string of the molecule is Cc1ccc(Sc2nccnc2N2CCCC(C(=O)NCc3ccc(F)cc3)C2)cc1. The molecule has 4 rings (SSSR count). The van der Waals surface area contributed by atoms with E-state index < -0.39 is 0 Å². The molecule has 1 fully saturated rings. The van der Waals surface area contributed by atoms with Gasteiger partial charge in [-0.15, -0.1) is 0 Å². The van der Waals surface area contributed by atoms with E-state index in [0.717, 1.165) is 40.7 Å². The normalized spacial score (nSPS) is 16.2. The Bertz CT molecular complexity index is 1030. The van der Waals surface area contributed by atoms with Crippen LogP contribution in [0.1, 0.15) is 24.0 Å². The number of aromatic nitrogens is 2. The standard InChI is InChI=1S/C24H25FN4OS/c1-17-4-10-21(11-5-17)31-24-22(26-12-13-27-24)29-14-2-3-19(16-29)23(30)28-15-18-6-8-20(25)9-7-18/h4-13,19H,2-3,14-16H2,1H3,(H,28,30). The molecule has 1 unspecified atom stereocenters. The molecule has 1 aliphatic rings. The number of carbonyl (C=O) groups excluding carboxylic acids is 1. The van der Waals surface area contributed by atoms with Crippen molar-refractivity contribution in [2.24, 2.45) is 5.92 Å². The van der Waals surface area contributed by atoms with Gasteiger partial charge in [-0.25, -0.2) is 14.4 Å². The molecule has 1 amide bonds. The molecule has 1 aliphatic heterocycles. The molecule has 5 nitrogen and oxygen atoms in total. The summed E-state index contributed by atoms with van der Waals surface area (Å²) >= 11 is 1.59. The molecule has 1 atom stereocenters. The molecule has 7 heteroatoms. The van der Waals surface area contributed by atoms with Gasteiger partial charge >= 0.3 is 0 Å². The van der Waals surface area contributed by atoms with Gasteiger partial charge in [0.25, 0.3) is 0 Å². The van der Waals surface area contributed by atoms with E-state index in [4.69, 9.17) is 0 Å². The number of anilines is 1. The highest BCUT2D eigenvalue weighted by atomic mass is 32.2. The van der Waals surface area contributed by atoms with E-state index in [9.17, 15) is 9.18 Å². The Balaban J connectivity index is 1.41. The summed E-state index contributed by atoms with van der Waals surface area (Å²) in [6.45, 7) is 3.92. The highest BCUT2D eigenvalue weighted by Gasteiger charge is 2.28. The Labute approximate surface area is 186 Å². The van der Waals surface area contributed by atoms with Crippen LogP contribution >= 0.6 is 11.8 Å². The van der Waals surface area contributed by atoms with E-state index in [0.29, 0.717) is 13.1 Å². The number of nitrogens with zero attached hydrogens (tertiary/aromatic N) is 3. The zero-order valence-corrected chi connectivity index (χ0v) is 18.2. The number of piperidine rings is 1. The third kappa shape index (κ3) is 5.61. The fourth-order valence-corrected chi connectivity index (χ4v) is 4.53. The fraction of sp³-hybridized carbons (Fsp3) is 0.292. The molecular weight excluding hydrogens is 411 g/mol. The van der Waals surface area contributed by atoms with Gasteiger partial charge in [-0.2, -0.15) is 0 Å². The van der Waals surface area contributed by atoms with Crippen LogP contribution in [0.15, 0.2) is 70.8 Å². The van der Waals surface area contributed by atoms with Crippen LogP contribution in [0.2, 0.25) is 0 Å². The fourth-order valence-electron chi connectivity index (χ4n) is 3.64. The lowest BCUT2D eigenvalue weighted by molar-refractivity contribution is -0.125. The summed E-state index contributed by atoms with van der Waals surface area (Å²) in [6, 6.07) is 14.5. The van der Waals surface area contributed by atoms with Crippen molar-refractivity contribution < 1.29 is 9.18 Å². The van der Waals surface area contributed by atoms with Gasteiger partial charge in [0.15, 0.2) is 5.82 Å². The van der Waals surface area contributed by atoms with E-state index in [1.807, 2.05) is 0 Å². The molecule has 0 saturated carbocycles. The van der Waals surface area contributed by atoms with E-state index in [1.54, 1.807) is 36.3 Å². The molecular formula is C24H25FN4OS. The highest BCUT2D eigenvalue weighted by molar-refractivity contribution is 7.99. The third-order valence-electron chi connectivity index (χ3n) is 5.35. The van der Waals surface area contributed by atoms with Gasteiger partial charge in [0, 0.05) is 36.9 Å². The lowest BCUT2D eigenvalue weighted by Gasteiger charge is -2.33. The first kappa shape index (κ1) is 21.3.